The number of nitrogens with one attached hydrogen (secondary N) is 1. The van der Waals surface area contributed by atoms with Crippen molar-refractivity contribution in [3.63, 3.8) is 0 Å². The Morgan fingerprint density at radius 1 is 1.23 bits per heavy atom. The van der Waals surface area contributed by atoms with E-state index in [1.165, 1.54) is 10.8 Å². The van der Waals surface area contributed by atoms with E-state index in [-0.39, 0.29) is 22.7 Å². The number of imidazole rings is 1. The number of methoxy groups -OCH3 is 1. The van der Waals surface area contributed by atoms with Gasteiger partial charge in [-0.05, 0) is 36.4 Å². The molecule has 0 bridgehead atoms. The van der Waals surface area contributed by atoms with Crippen molar-refractivity contribution in [1.29, 1.82) is 0 Å². The highest BCUT2D eigenvalue weighted by Crippen LogP contribution is 2.23. The molecule has 0 atom stereocenters. The fraction of sp³-hybridized carbons (Fsp3) is 0.0588. The topological polar surface area (TPSA) is 129 Å². The molecule has 0 fully saturated rings. The zero-order valence-electron chi connectivity index (χ0n) is 13.6. The van der Waals surface area contributed by atoms with Gasteiger partial charge in [-0.1, -0.05) is 0 Å². The Kier molecular flexibility index (Phi) is 3.54. The summed E-state index contributed by atoms with van der Waals surface area (Å²) in [5.41, 5.74) is 5.79. The van der Waals surface area contributed by atoms with Crippen molar-refractivity contribution in [3.05, 3.63) is 58.8 Å². The molecule has 3 heterocycles. The SMILES string of the molecule is COc1ccc(-n2c(=O)[nH]c3c(C(N)=O)nc(-c4ccco4)nc32)cc1. The summed E-state index contributed by atoms with van der Waals surface area (Å²) in [6, 6.07) is 10.1. The molecule has 1 aromatic carbocycles. The number of nitrogens with two attached hydrogens (primary N) is 1. The maximum atomic E-state index is 12.5. The van der Waals surface area contributed by atoms with E-state index >= 15 is 0 Å². The number of carbonyl (C=O) groups excluding carboxylic acids is 1. The summed E-state index contributed by atoms with van der Waals surface area (Å²) in [5, 5.41) is 0. The predicted molar refractivity (Wildman–Crippen MR) is 92.3 cm³/mol. The maximum absolute atomic E-state index is 12.5. The average molecular weight is 351 g/mol. The molecule has 9 heteroatoms. The molecule has 0 radical (unpaired) electrons. The van der Waals surface area contributed by atoms with Crippen LogP contribution in [-0.2, 0) is 0 Å². The van der Waals surface area contributed by atoms with Crippen LogP contribution in [0.4, 0.5) is 0 Å². The number of fused-ring (bicyclic) bond motifs is 1. The Morgan fingerprint density at radius 3 is 2.62 bits per heavy atom. The molecular weight excluding hydrogens is 338 g/mol. The van der Waals surface area contributed by atoms with Gasteiger partial charge in [-0.3, -0.25) is 4.79 Å². The number of H-pyrrole nitrogens is 1. The number of aromatic nitrogens is 4. The quantitative estimate of drug-likeness (QED) is 0.573. The van der Waals surface area contributed by atoms with Crippen molar-refractivity contribution >= 4 is 17.1 Å². The number of amides is 1. The fourth-order valence-electron chi connectivity index (χ4n) is 2.65. The Hall–Kier alpha value is -3.88. The summed E-state index contributed by atoms with van der Waals surface area (Å²) in [6.07, 6.45) is 1.46. The predicted octanol–water partition coefficient (Wildman–Crippen LogP) is 1.48. The Balaban J connectivity index is 2.02. The number of carbonyl (C=O) groups is 1. The van der Waals surface area contributed by atoms with Crippen molar-refractivity contribution in [2.75, 3.05) is 7.11 Å². The van der Waals surface area contributed by atoms with Crippen LogP contribution in [-0.4, -0.2) is 32.5 Å². The monoisotopic (exact) mass is 351 g/mol. The van der Waals surface area contributed by atoms with E-state index in [9.17, 15) is 9.59 Å². The van der Waals surface area contributed by atoms with Crippen molar-refractivity contribution in [2.45, 2.75) is 0 Å². The number of ether oxygens (including phenoxy) is 1. The van der Waals surface area contributed by atoms with Crippen molar-refractivity contribution in [2.24, 2.45) is 5.73 Å². The summed E-state index contributed by atoms with van der Waals surface area (Å²) < 4.78 is 11.8. The van der Waals surface area contributed by atoms with Gasteiger partial charge in [0.1, 0.15) is 11.3 Å². The van der Waals surface area contributed by atoms with E-state index in [1.807, 2.05) is 0 Å². The number of benzene rings is 1. The third-order valence-electron chi connectivity index (χ3n) is 3.84. The summed E-state index contributed by atoms with van der Waals surface area (Å²) >= 11 is 0. The van der Waals surface area contributed by atoms with Gasteiger partial charge >= 0.3 is 5.69 Å². The molecule has 3 aromatic heterocycles. The number of aromatic amines is 1. The number of hydrogen-bond acceptors (Lipinski definition) is 6. The highest BCUT2D eigenvalue weighted by Gasteiger charge is 2.20. The van der Waals surface area contributed by atoms with Gasteiger partial charge in [-0.15, -0.1) is 0 Å². The first kappa shape index (κ1) is 15.6. The minimum atomic E-state index is -0.784. The normalized spacial score (nSPS) is 11.0. The van der Waals surface area contributed by atoms with Crippen LogP contribution < -0.4 is 16.2 Å². The third-order valence-corrected chi connectivity index (χ3v) is 3.84. The van der Waals surface area contributed by atoms with Crippen molar-refractivity contribution in [1.82, 2.24) is 19.5 Å². The first-order chi connectivity index (χ1) is 12.6. The van der Waals surface area contributed by atoms with Gasteiger partial charge < -0.3 is 19.9 Å². The zero-order chi connectivity index (χ0) is 18.3. The molecule has 4 rings (SSSR count). The van der Waals surface area contributed by atoms with Gasteiger partial charge in [0.2, 0.25) is 0 Å². The van der Waals surface area contributed by atoms with Crippen LogP contribution in [0.3, 0.4) is 0 Å². The molecule has 0 spiro atoms. The average Bonchev–Trinajstić information content (AvgIpc) is 3.28. The van der Waals surface area contributed by atoms with E-state index in [0.29, 0.717) is 17.2 Å². The fourth-order valence-corrected chi connectivity index (χ4v) is 2.65. The van der Waals surface area contributed by atoms with Crippen molar-refractivity contribution < 1.29 is 13.9 Å². The summed E-state index contributed by atoms with van der Waals surface area (Å²) in [4.78, 5) is 35.4. The summed E-state index contributed by atoms with van der Waals surface area (Å²) in [6.45, 7) is 0. The van der Waals surface area contributed by atoms with Gasteiger partial charge in [-0.2, -0.15) is 0 Å². The number of hydrogen-bond donors (Lipinski definition) is 2. The Bertz CT molecular complexity index is 1160. The smallest absolute Gasteiger partial charge is 0.332 e. The van der Waals surface area contributed by atoms with Gasteiger partial charge in [0.15, 0.2) is 22.9 Å². The minimum Gasteiger partial charge on any atom is -0.497 e. The van der Waals surface area contributed by atoms with E-state index in [4.69, 9.17) is 14.9 Å². The Labute approximate surface area is 146 Å². The molecule has 0 aliphatic carbocycles. The second-order valence-electron chi connectivity index (χ2n) is 5.40. The van der Waals surface area contributed by atoms with E-state index in [0.717, 1.165) is 0 Å². The zero-order valence-corrected chi connectivity index (χ0v) is 13.6. The number of nitrogens with zero attached hydrogens (tertiary/aromatic N) is 3. The highest BCUT2D eigenvalue weighted by molar-refractivity contribution is 6.02. The largest absolute Gasteiger partial charge is 0.497 e. The summed E-state index contributed by atoms with van der Waals surface area (Å²) in [7, 11) is 1.55. The second kappa shape index (κ2) is 5.88. The first-order valence-corrected chi connectivity index (χ1v) is 7.59. The van der Waals surface area contributed by atoms with E-state index in [1.54, 1.807) is 43.5 Å². The Morgan fingerprint density at radius 2 is 2.00 bits per heavy atom. The lowest BCUT2D eigenvalue weighted by atomic mass is 10.3. The molecule has 0 aliphatic rings. The number of rotatable bonds is 4. The molecule has 3 N–H and O–H groups in total. The van der Waals surface area contributed by atoms with Crippen LogP contribution in [0, 0.1) is 0 Å². The molecule has 130 valence electrons. The molecule has 9 nitrogen and oxygen atoms in total. The second-order valence-corrected chi connectivity index (χ2v) is 5.40. The lowest BCUT2D eigenvalue weighted by molar-refractivity contribution is 0.0997. The molecule has 4 aromatic rings. The van der Waals surface area contributed by atoms with Gasteiger partial charge in [0, 0.05) is 0 Å². The standard InChI is InChI=1S/C17H13N5O4/c1-25-10-6-4-9(5-7-10)22-16-13(20-17(22)24)12(14(18)23)19-15(21-16)11-3-2-8-26-11/h2-8H,1H3,(H2,18,23)(H,20,24). The molecule has 0 unspecified atom stereocenters. The number of furan rings is 1. The molecule has 1 amide bonds. The molecular formula is C17H13N5O4. The summed E-state index contributed by atoms with van der Waals surface area (Å²) in [5.74, 6) is 0.362. The van der Waals surface area contributed by atoms with Gasteiger partial charge in [-0.25, -0.2) is 19.3 Å². The lowest BCUT2D eigenvalue weighted by Gasteiger charge is -2.06. The van der Waals surface area contributed by atoms with E-state index in [2.05, 4.69) is 15.0 Å². The molecule has 0 saturated carbocycles. The minimum absolute atomic E-state index is 0.0919. The third kappa shape index (κ3) is 2.42. The van der Waals surface area contributed by atoms with Crippen LogP contribution in [0.15, 0.2) is 51.9 Å². The number of primary amides is 1. The van der Waals surface area contributed by atoms with Crippen LogP contribution in [0.2, 0.25) is 0 Å². The molecule has 0 saturated heterocycles. The van der Waals surface area contributed by atoms with Gasteiger partial charge in [0.25, 0.3) is 5.91 Å². The lowest BCUT2D eigenvalue weighted by Crippen LogP contribution is -2.15. The van der Waals surface area contributed by atoms with Crippen LogP contribution in [0.1, 0.15) is 10.5 Å². The van der Waals surface area contributed by atoms with Crippen LogP contribution in [0.25, 0.3) is 28.4 Å². The first-order valence-electron chi connectivity index (χ1n) is 7.59. The maximum Gasteiger partial charge on any atom is 0.332 e. The molecule has 26 heavy (non-hydrogen) atoms. The van der Waals surface area contributed by atoms with E-state index < -0.39 is 11.6 Å². The molecule has 0 aliphatic heterocycles. The van der Waals surface area contributed by atoms with Crippen molar-refractivity contribution in [3.8, 4) is 23.0 Å². The highest BCUT2D eigenvalue weighted by atomic mass is 16.5. The van der Waals surface area contributed by atoms with Crippen LogP contribution >= 0.6 is 0 Å². The van der Waals surface area contributed by atoms with Gasteiger partial charge in [0.05, 0.1) is 19.1 Å². The van der Waals surface area contributed by atoms with Crippen LogP contribution in [0.5, 0.6) is 5.75 Å².